The van der Waals surface area contributed by atoms with E-state index in [-0.39, 0.29) is 11.5 Å². The molecule has 0 aliphatic carbocycles. The first kappa shape index (κ1) is 21.8. The lowest BCUT2D eigenvalue weighted by Crippen LogP contribution is -2.27. The second-order valence-electron chi connectivity index (χ2n) is 7.37. The smallest absolute Gasteiger partial charge is 0.169 e. The molecular weight excluding hydrogens is 382 g/mol. The van der Waals surface area contributed by atoms with Crippen molar-refractivity contribution in [1.82, 2.24) is 5.32 Å². The van der Waals surface area contributed by atoms with Crippen LogP contribution in [0, 0.1) is 0 Å². The van der Waals surface area contributed by atoms with Gasteiger partial charge in [-0.3, -0.25) is 0 Å². The van der Waals surface area contributed by atoms with Gasteiger partial charge >= 0.3 is 0 Å². The van der Waals surface area contributed by atoms with Crippen molar-refractivity contribution in [3.8, 4) is 23.0 Å². The number of unbranched alkanes of at least 4 members (excludes halogenated alkanes) is 4. The molecular formula is C24H31NO5. The SMILES string of the molecule is CCCCCCCOC1NC(c2ccc(O)c(O)c2)=Cc2ccc(OC)c(OC)c21. The maximum Gasteiger partial charge on any atom is 0.169 e. The number of nitrogens with one attached hydrogen (secondary N) is 1. The van der Waals surface area contributed by atoms with Gasteiger partial charge < -0.3 is 29.7 Å². The van der Waals surface area contributed by atoms with Crippen molar-refractivity contribution in [2.24, 2.45) is 0 Å². The number of hydrogen-bond donors (Lipinski definition) is 3. The minimum Gasteiger partial charge on any atom is -0.504 e. The predicted octanol–water partition coefficient (Wildman–Crippen LogP) is 5.20. The maximum atomic E-state index is 9.91. The molecule has 0 bridgehead atoms. The molecule has 3 N–H and O–H groups in total. The van der Waals surface area contributed by atoms with Gasteiger partial charge in [0.1, 0.15) is 0 Å². The Balaban J connectivity index is 1.90. The fraction of sp³-hybridized carbons (Fsp3) is 0.417. The van der Waals surface area contributed by atoms with Crippen molar-refractivity contribution in [2.45, 2.75) is 45.3 Å². The Kier molecular flexibility index (Phi) is 7.46. The van der Waals surface area contributed by atoms with Crippen molar-refractivity contribution >= 4 is 11.8 Å². The number of phenolic OH excluding ortho intramolecular Hbond substituents is 2. The van der Waals surface area contributed by atoms with E-state index in [0.717, 1.165) is 35.2 Å². The van der Waals surface area contributed by atoms with E-state index in [4.69, 9.17) is 14.2 Å². The summed E-state index contributed by atoms with van der Waals surface area (Å²) in [6, 6.07) is 8.59. The lowest BCUT2D eigenvalue weighted by Gasteiger charge is -2.30. The van der Waals surface area contributed by atoms with Gasteiger partial charge in [0, 0.05) is 17.9 Å². The molecule has 0 amide bonds. The Bertz CT molecular complexity index is 893. The quantitative estimate of drug-likeness (QED) is 0.367. The zero-order chi connectivity index (χ0) is 21.5. The number of benzene rings is 2. The molecule has 0 radical (unpaired) electrons. The van der Waals surface area contributed by atoms with Crippen LogP contribution in [0.4, 0.5) is 0 Å². The zero-order valence-electron chi connectivity index (χ0n) is 17.9. The van der Waals surface area contributed by atoms with Gasteiger partial charge in [-0.15, -0.1) is 0 Å². The molecule has 6 nitrogen and oxygen atoms in total. The van der Waals surface area contributed by atoms with Crippen LogP contribution >= 0.6 is 0 Å². The average Bonchev–Trinajstić information content (AvgIpc) is 2.76. The molecule has 162 valence electrons. The lowest BCUT2D eigenvalue weighted by atomic mass is 9.96. The number of fused-ring (bicyclic) bond motifs is 1. The Morgan fingerprint density at radius 3 is 2.43 bits per heavy atom. The van der Waals surface area contributed by atoms with Crippen LogP contribution in [0.1, 0.15) is 61.9 Å². The zero-order valence-corrected chi connectivity index (χ0v) is 17.9. The highest BCUT2D eigenvalue weighted by Crippen LogP contribution is 2.42. The van der Waals surface area contributed by atoms with Gasteiger partial charge in [0.05, 0.1) is 19.8 Å². The van der Waals surface area contributed by atoms with Crippen LogP contribution in [-0.4, -0.2) is 31.0 Å². The van der Waals surface area contributed by atoms with Gasteiger partial charge in [0.25, 0.3) is 0 Å². The van der Waals surface area contributed by atoms with Gasteiger partial charge in [0.2, 0.25) is 0 Å². The van der Waals surface area contributed by atoms with Gasteiger partial charge in [-0.05, 0) is 42.3 Å². The summed E-state index contributed by atoms with van der Waals surface area (Å²) in [5.74, 6) is 0.972. The summed E-state index contributed by atoms with van der Waals surface area (Å²) in [7, 11) is 3.24. The summed E-state index contributed by atoms with van der Waals surface area (Å²) in [6.07, 6.45) is 7.34. The van der Waals surface area contributed by atoms with E-state index in [2.05, 4.69) is 12.2 Å². The van der Waals surface area contributed by atoms with Crippen LogP contribution in [0.25, 0.3) is 11.8 Å². The summed E-state index contributed by atoms with van der Waals surface area (Å²) < 4.78 is 17.4. The number of methoxy groups -OCH3 is 2. The third-order valence-electron chi connectivity index (χ3n) is 5.29. The van der Waals surface area contributed by atoms with Gasteiger partial charge in [-0.25, -0.2) is 0 Å². The topological polar surface area (TPSA) is 80.2 Å². The van der Waals surface area contributed by atoms with Crippen LogP contribution in [0.15, 0.2) is 30.3 Å². The van der Waals surface area contributed by atoms with Crippen LogP contribution in [0.5, 0.6) is 23.0 Å². The maximum absolute atomic E-state index is 9.91. The third-order valence-corrected chi connectivity index (χ3v) is 5.29. The van der Waals surface area contributed by atoms with E-state index < -0.39 is 6.23 Å². The van der Waals surface area contributed by atoms with Crippen LogP contribution in [0.2, 0.25) is 0 Å². The number of hydrogen-bond acceptors (Lipinski definition) is 6. The summed E-state index contributed by atoms with van der Waals surface area (Å²) in [5, 5.41) is 23.0. The minimum atomic E-state index is -0.424. The summed E-state index contributed by atoms with van der Waals surface area (Å²) >= 11 is 0. The number of ether oxygens (including phenoxy) is 3. The Labute approximate surface area is 178 Å². The standard InChI is InChI=1S/C24H31NO5/c1-4-5-6-7-8-13-30-24-22-17(10-12-21(28-2)23(22)29-3)14-18(25-24)16-9-11-19(26)20(27)15-16/h9-12,14-15,24-27H,4-8,13H2,1-3H3. The van der Waals surface area contributed by atoms with E-state index in [1.54, 1.807) is 20.3 Å². The molecule has 1 aliphatic rings. The van der Waals surface area contributed by atoms with Gasteiger partial charge in [-0.2, -0.15) is 0 Å². The molecule has 0 aromatic heterocycles. The first-order valence-electron chi connectivity index (χ1n) is 10.5. The molecule has 30 heavy (non-hydrogen) atoms. The number of phenols is 2. The van der Waals surface area contributed by atoms with E-state index in [0.29, 0.717) is 18.1 Å². The highest BCUT2D eigenvalue weighted by Gasteiger charge is 2.28. The van der Waals surface area contributed by atoms with Gasteiger partial charge in [0.15, 0.2) is 29.2 Å². The molecule has 2 aromatic carbocycles. The van der Waals surface area contributed by atoms with E-state index >= 15 is 0 Å². The largest absolute Gasteiger partial charge is 0.504 e. The van der Waals surface area contributed by atoms with Crippen LogP contribution in [0.3, 0.4) is 0 Å². The Morgan fingerprint density at radius 2 is 1.73 bits per heavy atom. The molecule has 2 aromatic rings. The molecule has 3 rings (SSSR count). The van der Waals surface area contributed by atoms with Crippen molar-refractivity contribution in [1.29, 1.82) is 0 Å². The lowest BCUT2D eigenvalue weighted by molar-refractivity contribution is 0.0350. The van der Waals surface area contributed by atoms with Crippen molar-refractivity contribution in [3.63, 3.8) is 0 Å². The van der Waals surface area contributed by atoms with E-state index in [1.165, 1.54) is 31.4 Å². The van der Waals surface area contributed by atoms with Crippen molar-refractivity contribution in [2.75, 3.05) is 20.8 Å². The molecule has 1 aliphatic heterocycles. The number of rotatable bonds is 10. The van der Waals surface area contributed by atoms with Crippen LogP contribution < -0.4 is 14.8 Å². The minimum absolute atomic E-state index is 0.151. The van der Waals surface area contributed by atoms with Crippen molar-refractivity contribution in [3.05, 3.63) is 47.0 Å². The molecule has 1 heterocycles. The fourth-order valence-electron chi connectivity index (χ4n) is 3.66. The predicted molar refractivity (Wildman–Crippen MR) is 118 cm³/mol. The van der Waals surface area contributed by atoms with Gasteiger partial charge in [-0.1, -0.05) is 38.7 Å². The third kappa shape index (κ3) is 4.82. The molecule has 1 atom stereocenters. The Hall–Kier alpha value is -2.86. The number of aromatic hydroxyl groups is 2. The second kappa shape index (κ2) is 10.3. The van der Waals surface area contributed by atoms with E-state index in [1.807, 2.05) is 18.2 Å². The first-order chi connectivity index (χ1) is 14.6. The second-order valence-corrected chi connectivity index (χ2v) is 7.37. The molecule has 0 spiro atoms. The Morgan fingerprint density at radius 1 is 0.933 bits per heavy atom. The molecule has 0 saturated carbocycles. The molecule has 6 heteroatoms. The molecule has 0 saturated heterocycles. The van der Waals surface area contributed by atoms with Crippen LogP contribution in [-0.2, 0) is 4.74 Å². The highest BCUT2D eigenvalue weighted by molar-refractivity contribution is 5.85. The summed E-state index contributed by atoms with van der Waals surface area (Å²) in [5.41, 5.74) is 3.38. The van der Waals surface area contributed by atoms with Crippen molar-refractivity contribution < 1.29 is 24.4 Å². The average molecular weight is 414 g/mol. The van der Waals surface area contributed by atoms with E-state index in [9.17, 15) is 10.2 Å². The molecule has 0 fully saturated rings. The molecule has 1 unspecified atom stereocenters. The summed E-state index contributed by atoms with van der Waals surface area (Å²) in [6.45, 7) is 2.82. The first-order valence-corrected chi connectivity index (χ1v) is 10.5. The fourth-order valence-corrected chi connectivity index (χ4v) is 3.66. The monoisotopic (exact) mass is 413 g/mol. The highest BCUT2D eigenvalue weighted by atomic mass is 16.5. The normalized spacial score (nSPS) is 15.2. The summed E-state index contributed by atoms with van der Waals surface area (Å²) in [4.78, 5) is 0.